The van der Waals surface area contributed by atoms with Crippen LogP contribution in [0.2, 0.25) is 0 Å². The number of aryl methyl sites for hydroxylation is 1. The van der Waals surface area contributed by atoms with Gasteiger partial charge >= 0.3 is 50.4 Å². The summed E-state index contributed by atoms with van der Waals surface area (Å²) in [5.41, 5.74) is 1.07. The first-order valence-corrected chi connectivity index (χ1v) is 10.5. The van der Waals surface area contributed by atoms with Gasteiger partial charge in [-0.1, -0.05) is 78.9 Å². The second-order valence-electron chi connectivity index (χ2n) is 4.68. The molecule has 0 amide bonds. The van der Waals surface area contributed by atoms with Gasteiger partial charge in [0.1, 0.15) is 0 Å². The van der Waals surface area contributed by atoms with E-state index in [2.05, 4.69) is 4.98 Å². The van der Waals surface area contributed by atoms with Crippen LogP contribution in [0, 0.1) is 6.92 Å². The Morgan fingerprint density at radius 3 is 0.933 bits per heavy atom. The minimum absolute atomic E-state index is 0. The molecule has 0 fully saturated rings. The number of aromatic nitrogens is 1. The first kappa shape index (κ1) is 33.0. The maximum absolute atomic E-state index is 8.74. The molecule has 9 nitrogen and oxygen atoms in total. The number of hydrogen-bond donors (Lipinski definition) is 4. The summed E-state index contributed by atoms with van der Waals surface area (Å²) in [6.07, 6.45) is 1.79. The van der Waals surface area contributed by atoms with Crippen molar-refractivity contribution in [3.8, 4) is 0 Å². The van der Waals surface area contributed by atoms with E-state index in [1.54, 1.807) is 6.20 Å². The molecule has 0 aliphatic heterocycles. The van der Waals surface area contributed by atoms with Crippen molar-refractivity contribution in [1.82, 2.24) is 4.98 Å². The van der Waals surface area contributed by atoms with Crippen LogP contribution in [-0.2, 0) is 20.8 Å². The predicted molar refractivity (Wildman–Crippen MR) is 111 cm³/mol. The number of benzene rings is 2. The van der Waals surface area contributed by atoms with Gasteiger partial charge in [-0.3, -0.25) is 23.2 Å². The van der Waals surface area contributed by atoms with Crippen LogP contribution in [0.1, 0.15) is 7.12 Å². The molecule has 0 aliphatic carbocycles. The summed E-state index contributed by atoms with van der Waals surface area (Å²) in [7, 11) is -9.33. The molecule has 0 aliphatic rings. The first-order chi connectivity index (χ1) is 13.4. The van der Waals surface area contributed by atoms with Crippen LogP contribution >= 0.6 is 0 Å². The summed E-state index contributed by atoms with van der Waals surface area (Å²) < 4.78 is 63.2. The Morgan fingerprint density at radius 2 is 0.833 bits per heavy atom. The van der Waals surface area contributed by atoms with E-state index < -0.39 is 20.8 Å². The molecule has 4 N–H and O–H groups in total. The van der Waals surface area contributed by atoms with Crippen LogP contribution in [0.3, 0.4) is 0 Å². The zero-order chi connectivity index (χ0) is 22.6. The van der Waals surface area contributed by atoms with Crippen molar-refractivity contribution in [3.63, 3.8) is 0 Å². The summed E-state index contributed by atoms with van der Waals surface area (Å²) in [6, 6.07) is 29.9. The van der Waals surface area contributed by atoms with Crippen molar-refractivity contribution >= 4 is 20.8 Å². The zero-order valence-corrected chi connectivity index (χ0v) is 20.1. The molecule has 0 saturated carbocycles. The van der Waals surface area contributed by atoms with Crippen LogP contribution in [-0.4, -0.2) is 40.0 Å². The molecule has 0 spiro atoms. The van der Waals surface area contributed by atoms with Gasteiger partial charge in [-0.2, -0.15) is 16.8 Å². The Kier molecular flexibility index (Phi) is 22.6. The van der Waals surface area contributed by atoms with Crippen molar-refractivity contribution in [1.29, 1.82) is 0 Å². The molecule has 3 rings (SSSR count). The van der Waals surface area contributed by atoms with Crippen molar-refractivity contribution in [3.05, 3.63) is 103 Å². The standard InChI is InChI=1S/C6H7N.2C6H6.Na.2H2O4S.H/c1-6-4-2-3-5-7-6;2*1-2-4-6-5-3-1;;2*1-5(2,3)4;/h2-5H,1H3;2*1-6H;;2*(H2,1,2,3,4);/q;;;+1;;;-1. The van der Waals surface area contributed by atoms with Gasteiger partial charge < -0.3 is 1.43 Å². The minimum atomic E-state index is -4.67. The Labute approximate surface area is 200 Å². The smallest absolute Gasteiger partial charge is 1.00 e. The molecule has 0 unspecified atom stereocenters. The fourth-order valence-corrected chi connectivity index (χ4v) is 1.22. The second-order valence-corrected chi connectivity index (χ2v) is 6.47. The molecule has 162 valence electrons. The van der Waals surface area contributed by atoms with Gasteiger partial charge in [0, 0.05) is 11.9 Å². The fourth-order valence-electron chi connectivity index (χ4n) is 1.22. The van der Waals surface area contributed by atoms with Gasteiger partial charge in [0.25, 0.3) is 0 Å². The average Bonchev–Trinajstić information content (AvgIpc) is 2.64. The summed E-state index contributed by atoms with van der Waals surface area (Å²) in [5.74, 6) is 0. The number of hydrogen-bond acceptors (Lipinski definition) is 5. The molecule has 12 heteroatoms. The second kappa shape index (κ2) is 20.6. The van der Waals surface area contributed by atoms with E-state index in [9.17, 15) is 0 Å². The topological polar surface area (TPSA) is 162 Å². The molecule has 1 aromatic heterocycles. The third-order valence-electron chi connectivity index (χ3n) is 2.15. The molecule has 3 aromatic rings. The Hall–Kier alpha value is -1.67. The van der Waals surface area contributed by atoms with Gasteiger partial charge in [0.2, 0.25) is 0 Å². The summed E-state index contributed by atoms with van der Waals surface area (Å²) in [4.78, 5) is 3.98. The van der Waals surface area contributed by atoms with Gasteiger partial charge in [0.05, 0.1) is 0 Å². The predicted octanol–water partition coefficient (Wildman–Crippen LogP) is 0.574. The van der Waals surface area contributed by atoms with Gasteiger partial charge in [-0.15, -0.1) is 0 Å². The van der Waals surface area contributed by atoms with Crippen LogP contribution in [0.15, 0.2) is 97.2 Å². The molecular weight excluding hydrogens is 445 g/mol. The molecule has 0 bridgehead atoms. The van der Waals surface area contributed by atoms with Crippen LogP contribution in [0.4, 0.5) is 0 Å². The van der Waals surface area contributed by atoms with Crippen molar-refractivity contribution < 1.29 is 66.0 Å². The molecular formula is C18H24NNaO8S2. The Balaban J connectivity index is -0.000000146. The van der Waals surface area contributed by atoms with Crippen LogP contribution in [0.25, 0.3) is 0 Å². The number of nitrogens with zero attached hydrogens (tertiary/aromatic N) is 1. The van der Waals surface area contributed by atoms with E-state index in [0.717, 1.165) is 5.69 Å². The van der Waals surface area contributed by atoms with E-state index in [4.69, 9.17) is 35.0 Å². The molecule has 0 atom stereocenters. The molecule has 0 radical (unpaired) electrons. The largest absolute Gasteiger partial charge is 1.00 e. The third-order valence-corrected chi connectivity index (χ3v) is 2.15. The molecule has 0 saturated heterocycles. The Morgan fingerprint density at radius 1 is 0.600 bits per heavy atom. The maximum Gasteiger partial charge on any atom is 1.00 e. The monoisotopic (exact) mass is 469 g/mol. The SMILES string of the molecule is Cc1ccccn1.O=S(=O)(O)O.O=S(=O)(O)O.[H-].[Na+].c1ccccc1.c1ccccc1. The van der Waals surface area contributed by atoms with Crippen LogP contribution < -0.4 is 29.6 Å². The zero-order valence-electron chi connectivity index (χ0n) is 17.4. The quantitative estimate of drug-likeness (QED) is 0.272. The average molecular weight is 470 g/mol. The molecule has 1 heterocycles. The first-order valence-electron chi connectivity index (χ1n) is 7.67. The van der Waals surface area contributed by atoms with Gasteiger partial charge in [0.15, 0.2) is 0 Å². The van der Waals surface area contributed by atoms with E-state index in [0.29, 0.717) is 0 Å². The number of rotatable bonds is 0. The maximum atomic E-state index is 8.74. The Bertz CT molecular complexity index is 803. The van der Waals surface area contributed by atoms with Crippen molar-refractivity contribution in [2.24, 2.45) is 0 Å². The number of pyridine rings is 1. The van der Waals surface area contributed by atoms with Gasteiger partial charge in [-0.05, 0) is 19.1 Å². The van der Waals surface area contributed by atoms with Crippen LogP contribution in [0.5, 0.6) is 0 Å². The third kappa shape index (κ3) is 50.3. The van der Waals surface area contributed by atoms with E-state index in [1.165, 1.54) is 0 Å². The summed E-state index contributed by atoms with van der Waals surface area (Å²) in [5, 5.41) is 0. The molecule has 2 aromatic carbocycles. The van der Waals surface area contributed by atoms with E-state index in [-0.39, 0.29) is 31.0 Å². The normalized spacial score (nSPS) is 9.10. The van der Waals surface area contributed by atoms with E-state index in [1.807, 2.05) is 97.9 Å². The fraction of sp³-hybridized carbons (Fsp3) is 0.0556. The van der Waals surface area contributed by atoms with E-state index >= 15 is 0 Å². The summed E-state index contributed by atoms with van der Waals surface area (Å²) in [6.45, 7) is 1.97. The van der Waals surface area contributed by atoms with Crippen molar-refractivity contribution in [2.75, 3.05) is 0 Å². The minimum Gasteiger partial charge on any atom is -1.00 e. The molecule has 30 heavy (non-hydrogen) atoms. The summed E-state index contributed by atoms with van der Waals surface area (Å²) >= 11 is 0. The van der Waals surface area contributed by atoms with Gasteiger partial charge in [-0.25, -0.2) is 0 Å². The van der Waals surface area contributed by atoms with Crippen molar-refractivity contribution in [2.45, 2.75) is 6.92 Å².